The van der Waals surface area contributed by atoms with Gasteiger partial charge in [-0.1, -0.05) is 0 Å². The zero-order valence-corrected chi connectivity index (χ0v) is 12.0. The number of Topliss-reactive ketones (excluding diaryl/α,β-unsaturated/α-hetero) is 1. The highest BCUT2D eigenvalue weighted by Crippen LogP contribution is 2.28. The lowest BCUT2D eigenvalue weighted by atomic mass is 9.93. The van der Waals surface area contributed by atoms with Gasteiger partial charge in [-0.15, -0.1) is 0 Å². The lowest BCUT2D eigenvalue weighted by molar-refractivity contribution is -0.146. The van der Waals surface area contributed by atoms with Crippen molar-refractivity contribution >= 4 is 5.78 Å². The quantitative estimate of drug-likeness (QED) is 0.236. The first-order valence-corrected chi connectivity index (χ1v) is 6.62. The van der Waals surface area contributed by atoms with E-state index in [4.69, 9.17) is 14.9 Å². The van der Waals surface area contributed by atoms with Crippen LogP contribution < -0.4 is 0 Å². The van der Waals surface area contributed by atoms with Crippen molar-refractivity contribution in [3.63, 3.8) is 0 Å². The first kappa shape index (κ1) is 19.4. The molecule has 4 unspecified atom stereocenters. The summed E-state index contributed by atoms with van der Waals surface area (Å²) < 4.78 is 4.87. The molecule has 0 fully saturated rings. The number of hydrogen-bond donors (Lipinski definition) is 8. The molecule has 8 N–H and O–H groups in total. The maximum absolute atomic E-state index is 11.6. The average molecular weight is 336 g/mol. The number of aliphatic hydroxyl groups is 8. The predicted octanol–water partition coefficient (Wildman–Crippen LogP) is -2.45. The summed E-state index contributed by atoms with van der Waals surface area (Å²) in [4.78, 5) is 11.6. The first-order chi connectivity index (χ1) is 10.6. The minimum atomic E-state index is -2.00. The fourth-order valence-electron chi connectivity index (χ4n) is 1.91. The Balaban J connectivity index is 2.53. The fraction of sp³-hybridized carbons (Fsp3) is 0.615. The van der Waals surface area contributed by atoms with E-state index in [0.29, 0.717) is 0 Å². The smallest absolute Gasteiger partial charge is 0.195 e. The van der Waals surface area contributed by atoms with E-state index >= 15 is 0 Å². The Morgan fingerprint density at radius 3 is 2.39 bits per heavy atom. The van der Waals surface area contributed by atoms with Gasteiger partial charge in [0, 0.05) is 6.42 Å². The van der Waals surface area contributed by atoms with Crippen LogP contribution in [-0.4, -0.2) is 90.4 Å². The Kier molecular flexibility index (Phi) is 6.50. The van der Waals surface area contributed by atoms with Gasteiger partial charge in [-0.25, -0.2) is 0 Å². The molecular weight excluding hydrogens is 316 g/mol. The van der Waals surface area contributed by atoms with Gasteiger partial charge in [-0.2, -0.15) is 0 Å². The van der Waals surface area contributed by atoms with Gasteiger partial charge in [0.1, 0.15) is 36.3 Å². The fourth-order valence-corrected chi connectivity index (χ4v) is 1.91. The van der Waals surface area contributed by atoms with Crippen molar-refractivity contribution in [2.24, 2.45) is 0 Å². The minimum absolute atomic E-state index is 0.467. The van der Waals surface area contributed by atoms with Crippen LogP contribution in [0.5, 0.6) is 0 Å². The Bertz CT molecular complexity index is 499. The van der Waals surface area contributed by atoms with Gasteiger partial charge in [0.2, 0.25) is 0 Å². The van der Waals surface area contributed by atoms with Crippen LogP contribution in [0.4, 0.5) is 0 Å². The number of carbonyl (C=O) groups excluding carboxylic acids is 1. The molecule has 10 heteroatoms. The second-order valence-corrected chi connectivity index (χ2v) is 5.25. The summed E-state index contributed by atoms with van der Waals surface area (Å²) in [5.41, 5.74) is -1.88. The second-order valence-electron chi connectivity index (χ2n) is 5.25. The molecule has 1 rings (SSSR count). The lowest BCUT2D eigenvalue weighted by Gasteiger charge is -2.28. The summed E-state index contributed by atoms with van der Waals surface area (Å²) in [6.45, 7) is -2.17. The molecular formula is C13H20O10. The molecule has 0 aromatic carbocycles. The van der Waals surface area contributed by atoms with Crippen molar-refractivity contribution in [1.82, 2.24) is 0 Å². The number of rotatable bonds is 8. The molecule has 0 bridgehead atoms. The van der Waals surface area contributed by atoms with E-state index in [-0.39, 0.29) is 0 Å². The van der Waals surface area contributed by atoms with Gasteiger partial charge in [0.15, 0.2) is 17.3 Å². The highest BCUT2D eigenvalue weighted by molar-refractivity contribution is 5.84. The Hall–Kier alpha value is -1.69. The molecule has 0 radical (unpaired) electrons. The molecule has 0 saturated heterocycles. The number of aliphatic hydroxyl groups excluding tert-OH is 7. The van der Waals surface area contributed by atoms with Gasteiger partial charge < -0.3 is 45.6 Å². The summed E-state index contributed by atoms with van der Waals surface area (Å²) >= 11 is 0. The standard InChI is InChI=1S/C13H20O10/c14-3-8(17)11(20)12(21)9(18)4-23-5-13(22)1-6(15)10(19)7(16)2-13/h1,8,11-12,14-17,19-22H,2-5H2. The van der Waals surface area contributed by atoms with Crippen LogP contribution in [0.2, 0.25) is 0 Å². The predicted molar refractivity (Wildman–Crippen MR) is 73.5 cm³/mol. The zero-order chi connectivity index (χ0) is 17.8. The summed E-state index contributed by atoms with van der Waals surface area (Å²) in [5.74, 6) is -3.21. The molecule has 0 amide bonds. The molecule has 132 valence electrons. The molecule has 0 saturated carbocycles. The monoisotopic (exact) mass is 336 g/mol. The van der Waals surface area contributed by atoms with Crippen molar-refractivity contribution < 1.29 is 50.4 Å². The number of carbonyl (C=O) groups is 1. The SMILES string of the molecule is O=C(COCC1(O)C=C(O)C(O)=C(O)C1)C(O)C(O)C(O)CO. The van der Waals surface area contributed by atoms with Gasteiger partial charge in [-0.05, 0) is 6.08 Å². The number of ketones is 1. The number of hydrogen-bond acceptors (Lipinski definition) is 10. The molecule has 23 heavy (non-hydrogen) atoms. The highest BCUT2D eigenvalue weighted by atomic mass is 16.5. The molecule has 0 heterocycles. The van der Waals surface area contributed by atoms with E-state index in [9.17, 15) is 35.4 Å². The summed E-state index contributed by atoms with van der Waals surface area (Å²) in [7, 11) is 0. The Morgan fingerprint density at radius 1 is 1.26 bits per heavy atom. The zero-order valence-electron chi connectivity index (χ0n) is 12.0. The Morgan fingerprint density at radius 2 is 1.87 bits per heavy atom. The van der Waals surface area contributed by atoms with Gasteiger partial charge in [0.05, 0.1) is 13.2 Å². The summed E-state index contributed by atoms with van der Waals surface area (Å²) in [6, 6.07) is 0. The molecule has 0 spiro atoms. The largest absolute Gasteiger partial charge is 0.508 e. The van der Waals surface area contributed by atoms with Crippen LogP contribution in [0, 0.1) is 0 Å². The van der Waals surface area contributed by atoms with Crippen LogP contribution in [0.25, 0.3) is 0 Å². The van der Waals surface area contributed by atoms with Gasteiger partial charge in [0.25, 0.3) is 0 Å². The van der Waals surface area contributed by atoms with E-state index in [1.165, 1.54) is 0 Å². The maximum Gasteiger partial charge on any atom is 0.195 e. The van der Waals surface area contributed by atoms with E-state index in [2.05, 4.69) is 0 Å². The van der Waals surface area contributed by atoms with Crippen LogP contribution in [0.15, 0.2) is 23.4 Å². The molecule has 4 atom stereocenters. The third kappa shape index (κ3) is 4.89. The van der Waals surface area contributed by atoms with Crippen LogP contribution in [0.1, 0.15) is 6.42 Å². The van der Waals surface area contributed by atoms with Crippen molar-refractivity contribution in [2.45, 2.75) is 30.3 Å². The van der Waals surface area contributed by atoms with Crippen molar-refractivity contribution in [2.75, 3.05) is 19.8 Å². The van der Waals surface area contributed by atoms with Crippen LogP contribution >= 0.6 is 0 Å². The lowest BCUT2D eigenvalue weighted by Crippen LogP contribution is -2.45. The second kappa shape index (κ2) is 7.73. The van der Waals surface area contributed by atoms with Crippen molar-refractivity contribution in [1.29, 1.82) is 0 Å². The van der Waals surface area contributed by atoms with E-state index in [1.54, 1.807) is 0 Å². The van der Waals surface area contributed by atoms with Crippen molar-refractivity contribution in [3.05, 3.63) is 23.4 Å². The highest BCUT2D eigenvalue weighted by Gasteiger charge is 2.35. The molecule has 10 nitrogen and oxygen atoms in total. The first-order valence-electron chi connectivity index (χ1n) is 6.62. The van der Waals surface area contributed by atoms with E-state index in [1.807, 2.05) is 0 Å². The van der Waals surface area contributed by atoms with Gasteiger partial charge in [-0.3, -0.25) is 4.79 Å². The van der Waals surface area contributed by atoms with Crippen LogP contribution in [-0.2, 0) is 9.53 Å². The van der Waals surface area contributed by atoms with Crippen molar-refractivity contribution in [3.8, 4) is 0 Å². The normalized spacial score (nSPS) is 25.7. The number of ether oxygens (including phenoxy) is 1. The molecule has 0 aromatic heterocycles. The molecule has 0 aliphatic heterocycles. The third-order valence-corrected chi connectivity index (χ3v) is 3.23. The van der Waals surface area contributed by atoms with E-state index < -0.39 is 73.2 Å². The minimum Gasteiger partial charge on any atom is -0.508 e. The maximum atomic E-state index is 11.6. The molecule has 1 aliphatic carbocycles. The average Bonchev–Trinajstić information content (AvgIpc) is 2.49. The van der Waals surface area contributed by atoms with Gasteiger partial charge >= 0.3 is 0 Å². The topological polar surface area (TPSA) is 188 Å². The summed E-state index contributed by atoms with van der Waals surface area (Å²) in [6.07, 6.45) is -5.25. The molecule has 0 aromatic rings. The van der Waals surface area contributed by atoms with Crippen LogP contribution in [0.3, 0.4) is 0 Å². The molecule has 1 aliphatic rings. The third-order valence-electron chi connectivity index (χ3n) is 3.23. The Labute approximate surface area is 130 Å². The summed E-state index contributed by atoms with van der Waals surface area (Å²) in [5, 5.41) is 74.5. The van der Waals surface area contributed by atoms with E-state index in [0.717, 1.165) is 6.08 Å².